The zero-order valence-corrected chi connectivity index (χ0v) is 10.6. The minimum atomic E-state index is -0.411. The van der Waals surface area contributed by atoms with Crippen LogP contribution in [0.5, 0.6) is 0 Å². The Morgan fingerprint density at radius 3 is 2.47 bits per heavy atom. The fourth-order valence-electron chi connectivity index (χ4n) is 2.34. The van der Waals surface area contributed by atoms with Crippen molar-refractivity contribution < 1.29 is 5.11 Å². The molecule has 1 aromatic heterocycles. The van der Waals surface area contributed by atoms with E-state index in [1.807, 2.05) is 12.1 Å². The van der Waals surface area contributed by atoms with Gasteiger partial charge in [-0.25, -0.2) is 4.98 Å². The Bertz CT molecular complexity index is 344. The average molecular weight is 234 g/mol. The van der Waals surface area contributed by atoms with E-state index in [-0.39, 0.29) is 0 Å². The van der Waals surface area contributed by atoms with Crippen molar-refractivity contribution in [2.24, 2.45) is 0 Å². The Morgan fingerprint density at radius 2 is 1.82 bits per heavy atom. The summed E-state index contributed by atoms with van der Waals surface area (Å²) in [5.74, 6) is 1.02. The molecule has 0 spiro atoms. The molecule has 2 rings (SSSR count). The summed E-state index contributed by atoms with van der Waals surface area (Å²) >= 11 is 0. The van der Waals surface area contributed by atoms with Gasteiger partial charge in [-0.05, 0) is 37.5 Å². The first-order chi connectivity index (χ1) is 8.27. The lowest BCUT2D eigenvalue weighted by atomic mass is 10.1. The maximum absolute atomic E-state index is 9.60. The molecule has 1 N–H and O–H groups in total. The van der Waals surface area contributed by atoms with Gasteiger partial charge < -0.3 is 10.0 Å². The van der Waals surface area contributed by atoms with Crippen LogP contribution in [0.3, 0.4) is 0 Å². The molecular formula is C14H22N2O. The smallest absolute Gasteiger partial charge is 0.128 e. The van der Waals surface area contributed by atoms with Gasteiger partial charge in [0.1, 0.15) is 5.82 Å². The zero-order valence-electron chi connectivity index (χ0n) is 10.6. The number of hydrogen-bond donors (Lipinski definition) is 1. The summed E-state index contributed by atoms with van der Waals surface area (Å²) in [6, 6.07) is 3.91. The van der Waals surface area contributed by atoms with Crippen LogP contribution in [0, 0.1) is 0 Å². The summed E-state index contributed by atoms with van der Waals surface area (Å²) in [6.07, 6.45) is 7.91. The number of hydrogen-bond acceptors (Lipinski definition) is 3. The average Bonchev–Trinajstić information content (AvgIpc) is 2.28. The van der Waals surface area contributed by atoms with Crippen molar-refractivity contribution in [1.82, 2.24) is 4.98 Å². The van der Waals surface area contributed by atoms with E-state index in [2.05, 4.69) is 9.88 Å². The van der Waals surface area contributed by atoms with Crippen molar-refractivity contribution in [1.29, 1.82) is 0 Å². The van der Waals surface area contributed by atoms with E-state index < -0.39 is 6.10 Å². The van der Waals surface area contributed by atoms with Gasteiger partial charge in [-0.15, -0.1) is 0 Å². The lowest BCUT2D eigenvalue weighted by Gasteiger charge is -2.26. The first kappa shape index (κ1) is 12.4. The largest absolute Gasteiger partial charge is 0.389 e. The fourth-order valence-corrected chi connectivity index (χ4v) is 2.34. The molecule has 94 valence electrons. The standard InChI is InChI=1S/C14H22N2O/c1-12(17)13-7-8-15-14(11-13)16-9-5-3-2-4-6-10-16/h7-8,11-12,17H,2-6,9-10H2,1H3/t12-/m1/s1. The molecule has 0 bridgehead atoms. The molecule has 2 heterocycles. The third kappa shape index (κ3) is 3.43. The Hall–Kier alpha value is -1.09. The van der Waals surface area contributed by atoms with Crippen LogP contribution in [0.15, 0.2) is 18.3 Å². The predicted octanol–water partition coefficient (Wildman–Crippen LogP) is 2.91. The summed E-state index contributed by atoms with van der Waals surface area (Å²) in [5, 5.41) is 9.60. The van der Waals surface area contributed by atoms with Gasteiger partial charge in [-0.3, -0.25) is 0 Å². The van der Waals surface area contributed by atoms with Crippen LogP contribution in [-0.4, -0.2) is 23.2 Å². The van der Waals surface area contributed by atoms with Gasteiger partial charge in [0, 0.05) is 19.3 Å². The third-order valence-corrected chi connectivity index (χ3v) is 3.43. The summed E-state index contributed by atoms with van der Waals surface area (Å²) in [7, 11) is 0. The molecule has 0 saturated carbocycles. The number of nitrogens with zero attached hydrogens (tertiary/aromatic N) is 2. The summed E-state index contributed by atoms with van der Waals surface area (Å²) < 4.78 is 0. The molecule has 0 aliphatic carbocycles. The molecule has 1 atom stereocenters. The van der Waals surface area contributed by atoms with Crippen molar-refractivity contribution >= 4 is 5.82 Å². The maximum atomic E-state index is 9.60. The highest BCUT2D eigenvalue weighted by Crippen LogP contribution is 2.20. The van der Waals surface area contributed by atoms with E-state index in [1.165, 1.54) is 32.1 Å². The lowest BCUT2D eigenvalue weighted by molar-refractivity contribution is 0.199. The van der Waals surface area contributed by atoms with Crippen LogP contribution >= 0.6 is 0 Å². The van der Waals surface area contributed by atoms with Crippen molar-refractivity contribution in [3.8, 4) is 0 Å². The molecule has 3 nitrogen and oxygen atoms in total. The van der Waals surface area contributed by atoms with Crippen LogP contribution in [-0.2, 0) is 0 Å². The zero-order chi connectivity index (χ0) is 12.1. The Labute approximate surface area is 103 Å². The van der Waals surface area contributed by atoms with E-state index in [0.29, 0.717) is 0 Å². The van der Waals surface area contributed by atoms with Gasteiger partial charge in [-0.1, -0.05) is 19.3 Å². The maximum Gasteiger partial charge on any atom is 0.128 e. The second-order valence-corrected chi connectivity index (χ2v) is 4.88. The Balaban J connectivity index is 2.10. The van der Waals surface area contributed by atoms with Crippen LogP contribution in [0.25, 0.3) is 0 Å². The molecule has 1 aromatic rings. The second kappa shape index (κ2) is 6.01. The molecule has 0 aromatic carbocycles. The Morgan fingerprint density at radius 1 is 1.18 bits per heavy atom. The molecule has 1 fully saturated rings. The fraction of sp³-hybridized carbons (Fsp3) is 0.643. The first-order valence-corrected chi connectivity index (χ1v) is 6.66. The molecule has 1 aliphatic rings. The van der Waals surface area contributed by atoms with Crippen molar-refractivity contribution in [3.63, 3.8) is 0 Å². The number of rotatable bonds is 2. The number of anilines is 1. The van der Waals surface area contributed by atoms with Crippen molar-refractivity contribution in [2.75, 3.05) is 18.0 Å². The van der Waals surface area contributed by atoms with E-state index in [0.717, 1.165) is 24.5 Å². The van der Waals surface area contributed by atoms with E-state index in [4.69, 9.17) is 0 Å². The van der Waals surface area contributed by atoms with Crippen LogP contribution in [0.1, 0.15) is 50.7 Å². The highest BCUT2D eigenvalue weighted by Gasteiger charge is 2.11. The molecule has 1 saturated heterocycles. The van der Waals surface area contributed by atoms with Gasteiger partial charge >= 0.3 is 0 Å². The van der Waals surface area contributed by atoms with E-state index in [1.54, 1.807) is 13.1 Å². The highest BCUT2D eigenvalue weighted by atomic mass is 16.3. The minimum absolute atomic E-state index is 0.411. The molecule has 1 aliphatic heterocycles. The molecule has 3 heteroatoms. The van der Waals surface area contributed by atoms with Gasteiger partial charge in [-0.2, -0.15) is 0 Å². The lowest BCUT2D eigenvalue weighted by Crippen LogP contribution is -2.27. The monoisotopic (exact) mass is 234 g/mol. The number of aliphatic hydroxyl groups excluding tert-OH is 1. The van der Waals surface area contributed by atoms with E-state index >= 15 is 0 Å². The van der Waals surface area contributed by atoms with Gasteiger partial charge in [0.05, 0.1) is 6.10 Å². The summed E-state index contributed by atoms with van der Waals surface area (Å²) in [4.78, 5) is 6.78. The normalized spacial score (nSPS) is 19.5. The predicted molar refractivity (Wildman–Crippen MR) is 70.2 cm³/mol. The topological polar surface area (TPSA) is 36.4 Å². The molecule has 0 amide bonds. The number of aromatic nitrogens is 1. The quantitative estimate of drug-likeness (QED) is 0.854. The number of aliphatic hydroxyl groups is 1. The van der Waals surface area contributed by atoms with Crippen molar-refractivity contribution in [3.05, 3.63) is 23.9 Å². The minimum Gasteiger partial charge on any atom is -0.389 e. The van der Waals surface area contributed by atoms with Crippen LogP contribution in [0.2, 0.25) is 0 Å². The molecule has 0 radical (unpaired) electrons. The summed E-state index contributed by atoms with van der Waals surface area (Å²) in [5.41, 5.74) is 0.956. The highest BCUT2D eigenvalue weighted by molar-refractivity contribution is 5.41. The molecular weight excluding hydrogens is 212 g/mol. The number of pyridine rings is 1. The Kier molecular flexibility index (Phi) is 4.37. The van der Waals surface area contributed by atoms with Gasteiger partial charge in [0.2, 0.25) is 0 Å². The van der Waals surface area contributed by atoms with Crippen LogP contribution < -0.4 is 4.90 Å². The summed E-state index contributed by atoms with van der Waals surface area (Å²) in [6.45, 7) is 3.99. The molecule has 0 unspecified atom stereocenters. The first-order valence-electron chi connectivity index (χ1n) is 6.66. The van der Waals surface area contributed by atoms with Gasteiger partial charge in [0.25, 0.3) is 0 Å². The second-order valence-electron chi connectivity index (χ2n) is 4.88. The third-order valence-electron chi connectivity index (χ3n) is 3.43. The van der Waals surface area contributed by atoms with Gasteiger partial charge in [0.15, 0.2) is 0 Å². The molecule has 17 heavy (non-hydrogen) atoms. The SMILES string of the molecule is C[C@@H](O)c1ccnc(N2CCCCCCC2)c1. The van der Waals surface area contributed by atoms with Crippen molar-refractivity contribution in [2.45, 2.75) is 45.1 Å². The van der Waals surface area contributed by atoms with E-state index in [9.17, 15) is 5.11 Å². The van der Waals surface area contributed by atoms with Crippen LogP contribution in [0.4, 0.5) is 5.82 Å².